The lowest BCUT2D eigenvalue weighted by Gasteiger charge is -2.67. The maximum atomic E-state index is 16.4. The van der Waals surface area contributed by atoms with Gasteiger partial charge in [0.1, 0.15) is 42.1 Å². The van der Waals surface area contributed by atoms with Gasteiger partial charge in [-0.05, 0) is 74.1 Å². The number of Topliss-reactive ketones (excluding diaryl/α,β-unsaturated/α-hetero) is 1. The Balaban J connectivity index is 1.22. The molecule has 4 amide bonds. The van der Waals surface area contributed by atoms with Crippen molar-refractivity contribution in [2.75, 3.05) is 24.7 Å². The predicted octanol–water partition coefficient (Wildman–Crippen LogP) is 3.72. The molecule has 3 aromatic carbocycles. The van der Waals surface area contributed by atoms with Gasteiger partial charge in [0.2, 0.25) is 17.7 Å². The summed E-state index contributed by atoms with van der Waals surface area (Å²) in [4.78, 5) is 139. The second-order valence-electron chi connectivity index (χ2n) is 23.3. The molecule has 1 heterocycles. The van der Waals surface area contributed by atoms with Crippen LogP contribution in [0, 0.1) is 16.7 Å². The zero-order valence-corrected chi connectivity index (χ0v) is 52.2. The molecule has 480 valence electrons. The van der Waals surface area contributed by atoms with Crippen molar-refractivity contribution in [3.05, 3.63) is 131 Å². The van der Waals surface area contributed by atoms with Crippen LogP contribution in [0.2, 0.25) is 0 Å². The Labute approximate surface area is 523 Å². The third-order valence-corrected chi connectivity index (χ3v) is 19.5. The molecule has 26 heteroatoms. The number of ketones is 1. The summed E-state index contributed by atoms with van der Waals surface area (Å²) in [5.41, 5.74) is 3.17. The van der Waals surface area contributed by atoms with Crippen LogP contribution in [0.4, 0.5) is 0 Å². The molecule has 3 fully saturated rings. The molecule has 0 spiro atoms. The van der Waals surface area contributed by atoms with Crippen LogP contribution in [0.25, 0.3) is 0 Å². The van der Waals surface area contributed by atoms with E-state index >= 15 is 4.79 Å². The van der Waals surface area contributed by atoms with Crippen molar-refractivity contribution in [2.24, 2.45) is 28.2 Å². The van der Waals surface area contributed by atoms with Crippen molar-refractivity contribution in [3.8, 4) is 0 Å². The number of aliphatic hydroxyl groups excluding tert-OH is 1. The van der Waals surface area contributed by atoms with Crippen LogP contribution in [-0.2, 0) is 66.8 Å². The summed E-state index contributed by atoms with van der Waals surface area (Å²) in [6.45, 7) is 12.9. The van der Waals surface area contributed by atoms with Crippen LogP contribution >= 0.6 is 21.6 Å². The maximum Gasteiger partial charge on any atom is 0.338 e. The summed E-state index contributed by atoms with van der Waals surface area (Å²) in [5.74, 6) is -9.58. The summed E-state index contributed by atoms with van der Waals surface area (Å²) < 4.78 is 37.6. The Morgan fingerprint density at radius 1 is 0.787 bits per heavy atom. The third-order valence-electron chi connectivity index (χ3n) is 17.0. The molecule has 2 saturated carbocycles. The fraction of sp³-hybridized carbons (Fsp3) is 0.492. The van der Waals surface area contributed by atoms with Gasteiger partial charge in [0, 0.05) is 69.1 Å². The standard InChI is InChI=1S/C63H78N6O18S2/c1-34-44(84-59(80)50(74)49(39-20-12-9-13-21-39)69-56(77)40-22-14-10-15-23-40)31-63(81)54(86-58(79)41-24-16-11-17-25-41)52-61(8,53(75)51(83-37(4)71)48(34)60(63,6)7)45(30-46-62(52,33-82-46)87-38(5)72)85-47(73)27-19-29-88-89-32-43(67-36(3)70)57(78)68-42(55(65)76)26-18-28-66-35(2)64/h9-17,20-25,42-46,49-52,54,66,74,81H,2,18-19,26-33,64H2,1,3-8H3,(H2,65,76)(H,67,70)(H,68,78)(H,69,77)/t42-,43-,44+,45+,46-,49?,50-,51-,52+,54+,61-,62+,63-/m1/s1. The van der Waals surface area contributed by atoms with Crippen molar-refractivity contribution in [1.82, 2.24) is 21.3 Å². The molecule has 0 radical (unpaired) electrons. The van der Waals surface area contributed by atoms with Gasteiger partial charge in [-0.1, -0.05) is 109 Å². The highest BCUT2D eigenvalue weighted by Gasteiger charge is 2.79. The van der Waals surface area contributed by atoms with E-state index in [1.807, 2.05) is 0 Å². The van der Waals surface area contributed by atoms with Gasteiger partial charge in [-0.3, -0.25) is 38.4 Å². The molecule has 7 rings (SSSR count). The number of carbonyl (C=O) groups excluding carboxylic acids is 10. The summed E-state index contributed by atoms with van der Waals surface area (Å²) in [7, 11) is 2.47. The van der Waals surface area contributed by atoms with Gasteiger partial charge in [0.25, 0.3) is 5.91 Å². The Kier molecular flexibility index (Phi) is 22.6. The molecular formula is C63H78N6O18S2. The highest BCUT2D eigenvalue weighted by atomic mass is 33.1. The van der Waals surface area contributed by atoms with Gasteiger partial charge in [0.05, 0.1) is 35.4 Å². The quantitative estimate of drug-likeness (QED) is 0.0177. The average molecular weight is 1270 g/mol. The summed E-state index contributed by atoms with van der Waals surface area (Å²) in [5, 5.41) is 36.9. The van der Waals surface area contributed by atoms with Gasteiger partial charge >= 0.3 is 29.8 Å². The third kappa shape index (κ3) is 15.3. The van der Waals surface area contributed by atoms with Crippen LogP contribution in [0.3, 0.4) is 0 Å². The molecule has 3 aromatic rings. The molecule has 24 nitrogen and oxygen atoms in total. The lowest BCUT2D eigenvalue weighted by Crippen LogP contribution is -2.82. The van der Waals surface area contributed by atoms with E-state index in [0.717, 1.165) is 13.8 Å². The fourth-order valence-corrected chi connectivity index (χ4v) is 14.8. The minimum atomic E-state index is -2.54. The number of nitrogens with two attached hydrogens (primary N) is 2. The topological polar surface area (TPSA) is 367 Å². The molecule has 1 saturated heterocycles. The van der Waals surface area contributed by atoms with Gasteiger partial charge in [-0.25, -0.2) is 9.59 Å². The first kappa shape index (κ1) is 68.7. The maximum absolute atomic E-state index is 16.4. The first-order valence-corrected chi connectivity index (χ1v) is 31.6. The van der Waals surface area contributed by atoms with Crippen LogP contribution < -0.4 is 32.7 Å². The highest BCUT2D eigenvalue weighted by Crippen LogP contribution is 2.65. The second-order valence-corrected chi connectivity index (χ2v) is 26.0. The molecule has 3 aliphatic carbocycles. The monoisotopic (exact) mass is 1270 g/mol. The number of primary amides is 1. The predicted molar refractivity (Wildman–Crippen MR) is 325 cm³/mol. The number of aliphatic hydroxyl groups is 2. The van der Waals surface area contributed by atoms with E-state index in [0.29, 0.717) is 24.3 Å². The van der Waals surface area contributed by atoms with Gasteiger partial charge in [0.15, 0.2) is 23.6 Å². The SMILES string of the molecule is C=C(N)NCCC[C@@H](NC(=O)[C@@H](CSSCCCC(=O)O[C@H]1C[C@H]2OC[C@@]2(OC(C)=O)[C@H]2[C@H](OC(=O)c3ccccc3)[C@]3(O)C[C@H](OC(=O)[C@H](O)C(NC(=O)c4ccccc4)c4ccccc4)C(C)=C([C@@H](OC(C)=O)C(=O)[C@]12C)C3(C)C)NC(C)=O)C(N)=O. The molecule has 1 unspecified atom stereocenters. The van der Waals surface area contributed by atoms with E-state index in [1.165, 1.54) is 68.3 Å². The average Bonchev–Trinajstić information content (AvgIpc) is 0.672. The number of esters is 5. The number of hydrogen-bond donors (Lipinski definition) is 8. The van der Waals surface area contributed by atoms with E-state index in [9.17, 15) is 53.4 Å². The number of ether oxygens (including phenoxy) is 6. The first-order valence-electron chi connectivity index (χ1n) is 29.1. The van der Waals surface area contributed by atoms with Crippen molar-refractivity contribution in [3.63, 3.8) is 0 Å². The molecule has 4 aliphatic rings. The van der Waals surface area contributed by atoms with E-state index in [2.05, 4.69) is 27.8 Å². The Hall–Kier alpha value is -7.78. The van der Waals surface area contributed by atoms with Crippen LogP contribution in [0.15, 0.2) is 115 Å². The lowest BCUT2D eigenvalue weighted by atomic mass is 9.44. The second kappa shape index (κ2) is 29.2. The number of nitrogens with one attached hydrogen (secondary N) is 4. The molecule has 89 heavy (non-hydrogen) atoms. The number of rotatable bonds is 27. The molecule has 0 aromatic heterocycles. The number of hydrogen-bond acceptors (Lipinski definition) is 22. The van der Waals surface area contributed by atoms with Gasteiger partial charge < -0.3 is 71.4 Å². The van der Waals surface area contributed by atoms with E-state index in [1.54, 1.807) is 78.9 Å². The van der Waals surface area contributed by atoms with Crippen molar-refractivity contribution in [2.45, 2.75) is 153 Å². The molecule has 1 aliphatic heterocycles. The first-order chi connectivity index (χ1) is 42.1. The Morgan fingerprint density at radius 3 is 1.99 bits per heavy atom. The smallest absolute Gasteiger partial charge is 0.338 e. The number of fused-ring (bicyclic) bond motifs is 5. The van der Waals surface area contributed by atoms with Crippen LogP contribution in [0.1, 0.15) is 119 Å². The molecular weight excluding hydrogens is 1190 g/mol. The molecule has 13 atom stereocenters. The van der Waals surface area contributed by atoms with Crippen molar-refractivity contribution < 1.29 is 86.6 Å². The Bertz CT molecular complexity index is 3190. The number of benzene rings is 3. The Morgan fingerprint density at radius 2 is 1.42 bits per heavy atom. The minimum absolute atomic E-state index is 0.00131. The number of amides is 4. The minimum Gasteiger partial charge on any atom is -0.461 e. The summed E-state index contributed by atoms with van der Waals surface area (Å²) in [6.07, 6.45) is -10.8. The zero-order chi connectivity index (χ0) is 65.2. The zero-order valence-electron chi connectivity index (χ0n) is 50.6. The van der Waals surface area contributed by atoms with Crippen LogP contribution in [0.5, 0.6) is 0 Å². The van der Waals surface area contributed by atoms with Crippen LogP contribution in [-0.4, -0.2) is 154 Å². The van der Waals surface area contributed by atoms with Gasteiger partial charge in [-0.15, -0.1) is 0 Å². The molecule has 10 N–H and O–H groups in total. The largest absolute Gasteiger partial charge is 0.461 e. The van der Waals surface area contributed by atoms with E-state index < -0.39 is 155 Å². The lowest BCUT2D eigenvalue weighted by molar-refractivity contribution is -0.346. The summed E-state index contributed by atoms with van der Waals surface area (Å²) in [6, 6.07) is 20.4. The fourth-order valence-electron chi connectivity index (χ4n) is 12.5. The normalized spacial score (nSPS) is 26.1. The molecule has 2 bridgehead atoms. The summed E-state index contributed by atoms with van der Waals surface area (Å²) >= 11 is 0. The van der Waals surface area contributed by atoms with E-state index in [4.69, 9.17) is 39.9 Å². The van der Waals surface area contributed by atoms with E-state index in [-0.39, 0.29) is 59.5 Å². The number of carbonyl (C=O) groups is 10. The van der Waals surface area contributed by atoms with Crippen molar-refractivity contribution >= 4 is 80.8 Å². The van der Waals surface area contributed by atoms with Crippen molar-refractivity contribution in [1.29, 1.82) is 0 Å². The highest BCUT2D eigenvalue weighted by molar-refractivity contribution is 8.76. The van der Waals surface area contributed by atoms with Gasteiger partial charge in [-0.2, -0.15) is 0 Å².